The lowest BCUT2D eigenvalue weighted by Gasteiger charge is -2.32. The molecule has 3 amide bonds. The number of nitrogens with one attached hydrogen (secondary N) is 2. The van der Waals surface area contributed by atoms with E-state index in [2.05, 4.69) is 22.6 Å². The Morgan fingerprint density at radius 1 is 0.950 bits per heavy atom. The first-order chi connectivity index (χ1) is 9.54. The van der Waals surface area contributed by atoms with Crippen LogP contribution in [0.4, 0.5) is 16.2 Å². The standard InChI is InChI=1S/C14H20N4O2/c1-11(19)15-12-3-5-13(6-4-12)16-14(20)18-9-7-17(2)8-10-18/h3-6H,7-10H2,1-2H3,(H,15,19)(H,16,20). The van der Waals surface area contributed by atoms with Gasteiger partial charge >= 0.3 is 6.03 Å². The first kappa shape index (κ1) is 14.3. The summed E-state index contributed by atoms with van der Waals surface area (Å²) in [4.78, 5) is 27.0. The van der Waals surface area contributed by atoms with Crippen LogP contribution in [0.5, 0.6) is 0 Å². The fourth-order valence-electron chi connectivity index (χ4n) is 2.05. The molecule has 0 bridgehead atoms. The predicted molar refractivity (Wildman–Crippen MR) is 78.8 cm³/mol. The average molecular weight is 276 g/mol. The van der Waals surface area contributed by atoms with Crippen molar-refractivity contribution in [3.05, 3.63) is 24.3 Å². The molecule has 6 nitrogen and oxygen atoms in total. The molecule has 0 saturated carbocycles. The number of urea groups is 1. The highest BCUT2D eigenvalue weighted by atomic mass is 16.2. The summed E-state index contributed by atoms with van der Waals surface area (Å²) >= 11 is 0. The van der Waals surface area contributed by atoms with E-state index >= 15 is 0 Å². The van der Waals surface area contributed by atoms with E-state index in [1.54, 1.807) is 24.3 Å². The maximum absolute atomic E-state index is 12.1. The molecule has 108 valence electrons. The predicted octanol–water partition coefficient (Wildman–Crippen LogP) is 1.42. The van der Waals surface area contributed by atoms with Crippen LogP contribution in [0.25, 0.3) is 0 Å². The Hall–Kier alpha value is -2.08. The fraction of sp³-hybridized carbons (Fsp3) is 0.429. The second-order valence-corrected chi connectivity index (χ2v) is 4.98. The summed E-state index contributed by atoms with van der Waals surface area (Å²) in [7, 11) is 2.05. The van der Waals surface area contributed by atoms with Crippen molar-refractivity contribution >= 4 is 23.3 Å². The van der Waals surface area contributed by atoms with E-state index in [-0.39, 0.29) is 11.9 Å². The van der Waals surface area contributed by atoms with Crippen molar-refractivity contribution in [2.45, 2.75) is 6.92 Å². The average Bonchev–Trinajstić information content (AvgIpc) is 2.41. The second kappa shape index (κ2) is 6.38. The molecular weight excluding hydrogens is 256 g/mol. The van der Waals surface area contributed by atoms with E-state index < -0.39 is 0 Å². The third-order valence-electron chi connectivity index (χ3n) is 3.25. The van der Waals surface area contributed by atoms with Gasteiger partial charge in [-0.2, -0.15) is 0 Å². The largest absolute Gasteiger partial charge is 0.326 e. The Labute approximate surface area is 118 Å². The molecule has 0 spiro atoms. The third-order valence-corrected chi connectivity index (χ3v) is 3.25. The first-order valence-corrected chi connectivity index (χ1v) is 6.67. The van der Waals surface area contributed by atoms with Gasteiger partial charge < -0.3 is 20.4 Å². The number of hydrogen-bond acceptors (Lipinski definition) is 3. The summed E-state index contributed by atoms with van der Waals surface area (Å²) in [5, 5.41) is 5.55. The molecule has 2 rings (SSSR count). The molecule has 1 aromatic carbocycles. The van der Waals surface area contributed by atoms with Crippen molar-refractivity contribution in [2.24, 2.45) is 0 Å². The van der Waals surface area contributed by atoms with Crippen LogP contribution in [0.3, 0.4) is 0 Å². The molecule has 2 N–H and O–H groups in total. The number of anilines is 2. The number of amides is 3. The zero-order valence-electron chi connectivity index (χ0n) is 11.8. The Kier molecular flexibility index (Phi) is 4.57. The number of likely N-dealkylation sites (N-methyl/N-ethyl adjacent to an activating group) is 1. The van der Waals surface area contributed by atoms with Gasteiger partial charge in [0.2, 0.25) is 5.91 Å². The van der Waals surface area contributed by atoms with Gasteiger partial charge in [-0.25, -0.2) is 4.79 Å². The molecule has 1 heterocycles. The van der Waals surface area contributed by atoms with Gasteiger partial charge in [0.05, 0.1) is 0 Å². The summed E-state index contributed by atoms with van der Waals surface area (Å²) < 4.78 is 0. The van der Waals surface area contributed by atoms with Gasteiger partial charge in [0.15, 0.2) is 0 Å². The van der Waals surface area contributed by atoms with Gasteiger partial charge in [0, 0.05) is 44.5 Å². The van der Waals surface area contributed by atoms with E-state index in [1.807, 2.05) is 4.90 Å². The van der Waals surface area contributed by atoms with Gasteiger partial charge in [0.25, 0.3) is 0 Å². The van der Waals surface area contributed by atoms with Crippen LogP contribution < -0.4 is 10.6 Å². The Morgan fingerprint density at radius 3 is 1.95 bits per heavy atom. The zero-order chi connectivity index (χ0) is 14.5. The molecule has 6 heteroatoms. The number of carbonyl (C=O) groups excluding carboxylic acids is 2. The van der Waals surface area contributed by atoms with Crippen LogP contribution >= 0.6 is 0 Å². The highest BCUT2D eigenvalue weighted by molar-refractivity contribution is 5.91. The Bertz CT molecular complexity index is 478. The van der Waals surface area contributed by atoms with Crippen LogP contribution in [0.1, 0.15) is 6.92 Å². The van der Waals surface area contributed by atoms with Crippen LogP contribution in [0, 0.1) is 0 Å². The van der Waals surface area contributed by atoms with Gasteiger partial charge in [-0.1, -0.05) is 0 Å². The SMILES string of the molecule is CC(=O)Nc1ccc(NC(=O)N2CCN(C)CC2)cc1. The Morgan fingerprint density at radius 2 is 1.45 bits per heavy atom. The summed E-state index contributed by atoms with van der Waals surface area (Å²) in [5.74, 6) is -0.112. The summed E-state index contributed by atoms with van der Waals surface area (Å²) in [5.41, 5.74) is 1.44. The van der Waals surface area contributed by atoms with Crippen molar-refractivity contribution < 1.29 is 9.59 Å². The topological polar surface area (TPSA) is 64.7 Å². The van der Waals surface area contributed by atoms with Crippen molar-refractivity contribution in [3.63, 3.8) is 0 Å². The number of carbonyl (C=O) groups is 2. The lowest BCUT2D eigenvalue weighted by molar-refractivity contribution is -0.114. The van der Waals surface area contributed by atoms with Crippen molar-refractivity contribution in [1.29, 1.82) is 0 Å². The molecule has 1 aliphatic rings. The van der Waals surface area contributed by atoms with E-state index in [0.717, 1.165) is 37.6 Å². The van der Waals surface area contributed by atoms with Gasteiger partial charge in [-0.3, -0.25) is 4.79 Å². The molecule has 0 aromatic heterocycles. The van der Waals surface area contributed by atoms with Crippen molar-refractivity contribution in [1.82, 2.24) is 9.80 Å². The van der Waals surface area contributed by atoms with Gasteiger partial charge in [-0.05, 0) is 31.3 Å². The van der Waals surface area contributed by atoms with E-state index in [0.29, 0.717) is 0 Å². The molecule has 1 saturated heterocycles. The maximum atomic E-state index is 12.1. The molecule has 1 aliphatic heterocycles. The molecule has 0 atom stereocenters. The molecular formula is C14H20N4O2. The Balaban J connectivity index is 1.89. The number of piperazine rings is 1. The number of hydrogen-bond donors (Lipinski definition) is 2. The number of nitrogens with zero attached hydrogens (tertiary/aromatic N) is 2. The molecule has 0 unspecified atom stereocenters. The minimum atomic E-state index is -0.112. The van der Waals surface area contributed by atoms with Gasteiger partial charge in [-0.15, -0.1) is 0 Å². The lowest BCUT2D eigenvalue weighted by atomic mass is 10.2. The summed E-state index contributed by atoms with van der Waals surface area (Å²) in [6, 6.07) is 7.01. The third kappa shape index (κ3) is 3.96. The molecule has 1 fully saturated rings. The van der Waals surface area contributed by atoms with Gasteiger partial charge in [0.1, 0.15) is 0 Å². The van der Waals surface area contributed by atoms with E-state index in [4.69, 9.17) is 0 Å². The van der Waals surface area contributed by atoms with Crippen molar-refractivity contribution in [3.8, 4) is 0 Å². The summed E-state index contributed by atoms with van der Waals surface area (Å²) in [6.45, 7) is 4.74. The highest BCUT2D eigenvalue weighted by Gasteiger charge is 2.18. The molecule has 20 heavy (non-hydrogen) atoms. The van der Waals surface area contributed by atoms with Crippen LogP contribution in [-0.2, 0) is 4.79 Å². The minimum absolute atomic E-state index is 0.0784. The number of benzene rings is 1. The molecule has 1 aromatic rings. The smallest absolute Gasteiger partial charge is 0.321 e. The monoisotopic (exact) mass is 276 g/mol. The lowest BCUT2D eigenvalue weighted by Crippen LogP contribution is -2.48. The minimum Gasteiger partial charge on any atom is -0.326 e. The van der Waals surface area contributed by atoms with Crippen LogP contribution in [-0.4, -0.2) is 55.0 Å². The van der Waals surface area contributed by atoms with Crippen LogP contribution in [0.2, 0.25) is 0 Å². The fourth-order valence-corrected chi connectivity index (χ4v) is 2.05. The molecule has 0 aliphatic carbocycles. The second-order valence-electron chi connectivity index (χ2n) is 4.98. The highest BCUT2D eigenvalue weighted by Crippen LogP contribution is 2.14. The van der Waals surface area contributed by atoms with E-state index in [1.165, 1.54) is 6.92 Å². The normalized spacial score (nSPS) is 15.8. The quantitative estimate of drug-likeness (QED) is 0.858. The molecule has 0 radical (unpaired) electrons. The maximum Gasteiger partial charge on any atom is 0.321 e. The zero-order valence-corrected chi connectivity index (χ0v) is 11.8. The summed E-state index contributed by atoms with van der Waals surface area (Å²) in [6.07, 6.45) is 0. The van der Waals surface area contributed by atoms with Crippen molar-refractivity contribution in [2.75, 3.05) is 43.9 Å². The van der Waals surface area contributed by atoms with Crippen LogP contribution in [0.15, 0.2) is 24.3 Å². The van der Waals surface area contributed by atoms with E-state index in [9.17, 15) is 9.59 Å². The number of rotatable bonds is 2. The first-order valence-electron chi connectivity index (χ1n) is 6.67.